The monoisotopic (exact) mass is 289 g/mol. The molecule has 0 bridgehead atoms. The van der Waals surface area contributed by atoms with E-state index in [4.69, 9.17) is 9.84 Å². The van der Waals surface area contributed by atoms with Crippen LogP contribution in [0.15, 0.2) is 30.3 Å². The average Bonchev–Trinajstić information content (AvgIpc) is 2.76. The fourth-order valence-corrected chi connectivity index (χ4v) is 2.58. The van der Waals surface area contributed by atoms with Crippen LogP contribution in [0.4, 0.5) is 0 Å². The standard InChI is InChI=1S/C17H23NO3/c1-17(2)8-9-18(13-17)10-11-21-15-5-3-4-14(12-15)6-7-16(19)20/h3-7,12H,8-11,13H2,1-2H3,(H,19,20)/b7-6+. The van der Waals surface area contributed by atoms with Crippen molar-refractivity contribution in [3.8, 4) is 5.75 Å². The minimum atomic E-state index is -0.946. The van der Waals surface area contributed by atoms with Crippen molar-refractivity contribution in [3.63, 3.8) is 0 Å². The van der Waals surface area contributed by atoms with Gasteiger partial charge < -0.3 is 9.84 Å². The van der Waals surface area contributed by atoms with Gasteiger partial charge in [-0.2, -0.15) is 0 Å². The zero-order valence-corrected chi connectivity index (χ0v) is 12.7. The number of likely N-dealkylation sites (tertiary alicyclic amines) is 1. The molecule has 4 heteroatoms. The van der Waals surface area contributed by atoms with Gasteiger partial charge in [0.15, 0.2) is 0 Å². The van der Waals surface area contributed by atoms with E-state index in [2.05, 4.69) is 18.7 Å². The van der Waals surface area contributed by atoms with Crippen molar-refractivity contribution in [2.24, 2.45) is 5.41 Å². The maximum Gasteiger partial charge on any atom is 0.328 e. The lowest BCUT2D eigenvalue weighted by molar-refractivity contribution is -0.131. The number of hydrogen-bond donors (Lipinski definition) is 1. The predicted molar refractivity (Wildman–Crippen MR) is 83.4 cm³/mol. The second-order valence-corrected chi connectivity index (χ2v) is 6.28. The Morgan fingerprint density at radius 2 is 2.29 bits per heavy atom. The number of rotatable bonds is 6. The molecule has 21 heavy (non-hydrogen) atoms. The Morgan fingerprint density at radius 3 is 2.95 bits per heavy atom. The van der Waals surface area contributed by atoms with Crippen molar-refractivity contribution in [1.82, 2.24) is 4.90 Å². The van der Waals surface area contributed by atoms with Gasteiger partial charge in [-0.05, 0) is 42.2 Å². The van der Waals surface area contributed by atoms with Crippen molar-refractivity contribution < 1.29 is 14.6 Å². The molecule has 1 aromatic rings. The number of nitrogens with zero attached hydrogens (tertiary/aromatic N) is 1. The molecule has 0 spiro atoms. The normalized spacial score (nSPS) is 18.2. The summed E-state index contributed by atoms with van der Waals surface area (Å²) in [7, 11) is 0. The SMILES string of the molecule is CC1(C)CCN(CCOc2cccc(/C=C/C(=O)O)c2)C1. The Morgan fingerprint density at radius 1 is 1.48 bits per heavy atom. The predicted octanol–water partition coefficient (Wildman–Crippen LogP) is 2.90. The molecule has 1 heterocycles. The molecule has 0 aliphatic carbocycles. The first-order valence-corrected chi connectivity index (χ1v) is 7.31. The zero-order valence-electron chi connectivity index (χ0n) is 12.7. The van der Waals surface area contributed by atoms with E-state index >= 15 is 0 Å². The summed E-state index contributed by atoms with van der Waals surface area (Å²) >= 11 is 0. The first kappa shape index (κ1) is 15.6. The molecule has 1 fully saturated rings. The number of aliphatic carboxylic acids is 1. The Kier molecular flexibility index (Phi) is 5.02. The molecule has 1 N–H and O–H groups in total. The Hall–Kier alpha value is -1.81. The molecule has 0 atom stereocenters. The van der Waals surface area contributed by atoms with Gasteiger partial charge in [-0.1, -0.05) is 26.0 Å². The van der Waals surface area contributed by atoms with E-state index in [0.717, 1.165) is 37.0 Å². The van der Waals surface area contributed by atoms with Gasteiger partial charge in [0, 0.05) is 19.2 Å². The van der Waals surface area contributed by atoms with Crippen LogP contribution in [0.3, 0.4) is 0 Å². The van der Waals surface area contributed by atoms with E-state index in [1.165, 1.54) is 6.42 Å². The summed E-state index contributed by atoms with van der Waals surface area (Å²) in [5, 5.41) is 8.63. The summed E-state index contributed by atoms with van der Waals surface area (Å²) in [5.74, 6) is -0.168. The van der Waals surface area contributed by atoms with Crippen LogP contribution in [0.1, 0.15) is 25.8 Å². The molecule has 0 radical (unpaired) electrons. The first-order chi connectivity index (χ1) is 9.94. The number of hydrogen-bond acceptors (Lipinski definition) is 3. The minimum Gasteiger partial charge on any atom is -0.492 e. The second kappa shape index (κ2) is 6.76. The van der Waals surface area contributed by atoms with Crippen molar-refractivity contribution in [3.05, 3.63) is 35.9 Å². The summed E-state index contributed by atoms with van der Waals surface area (Å²) in [5.41, 5.74) is 1.25. The highest BCUT2D eigenvalue weighted by Crippen LogP contribution is 2.28. The van der Waals surface area contributed by atoms with Gasteiger partial charge in [-0.15, -0.1) is 0 Å². The highest BCUT2D eigenvalue weighted by Gasteiger charge is 2.28. The molecule has 2 rings (SSSR count). The largest absolute Gasteiger partial charge is 0.492 e. The topological polar surface area (TPSA) is 49.8 Å². The van der Waals surface area contributed by atoms with Gasteiger partial charge in [0.25, 0.3) is 0 Å². The fourth-order valence-electron chi connectivity index (χ4n) is 2.58. The van der Waals surface area contributed by atoms with E-state index in [0.29, 0.717) is 12.0 Å². The second-order valence-electron chi connectivity index (χ2n) is 6.28. The third-order valence-corrected chi connectivity index (χ3v) is 3.71. The Labute approximate surface area is 126 Å². The molecular weight excluding hydrogens is 266 g/mol. The lowest BCUT2D eigenvalue weighted by Gasteiger charge is -2.19. The van der Waals surface area contributed by atoms with Crippen LogP contribution in [-0.2, 0) is 4.79 Å². The van der Waals surface area contributed by atoms with Crippen LogP contribution in [0.5, 0.6) is 5.75 Å². The van der Waals surface area contributed by atoms with Crippen LogP contribution >= 0.6 is 0 Å². The highest BCUT2D eigenvalue weighted by atomic mass is 16.5. The van der Waals surface area contributed by atoms with Gasteiger partial charge in [-0.3, -0.25) is 4.90 Å². The lowest BCUT2D eigenvalue weighted by Crippen LogP contribution is -2.27. The van der Waals surface area contributed by atoms with Gasteiger partial charge in [-0.25, -0.2) is 4.79 Å². The molecule has 4 nitrogen and oxygen atoms in total. The molecule has 1 saturated heterocycles. The maximum atomic E-state index is 10.5. The maximum absolute atomic E-state index is 10.5. The molecule has 1 aromatic carbocycles. The van der Waals surface area contributed by atoms with Crippen LogP contribution in [0.25, 0.3) is 6.08 Å². The first-order valence-electron chi connectivity index (χ1n) is 7.31. The number of carboxylic acid groups (broad SMARTS) is 1. The molecular formula is C17H23NO3. The molecule has 0 aromatic heterocycles. The van der Waals surface area contributed by atoms with Gasteiger partial charge >= 0.3 is 5.97 Å². The van der Waals surface area contributed by atoms with E-state index in [1.807, 2.05) is 24.3 Å². The number of carboxylic acids is 1. The zero-order chi connectivity index (χ0) is 15.3. The van der Waals surface area contributed by atoms with Crippen LogP contribution in [0, 0.1) is 5.41 Å². The summed E-state index contributed by atoms with van der Waals surface area (Å²) in [4.78, 5) is 12.9. The average molecular weight is 289 g/mol. The van der Waals surface area contributed by atoms with E-state index in [-0.39, 0.29) is 0 Å². The summed E-state index contributed by atoms with van der Waals surface area (Å²) < 4.78 is 5.76. The van der Waals surface area contributed by atoms with Gasteiger partial charge in [0.05, 0.1) is 0 Å². The third-order valence-electron chi connectivity index (χ3n) is 3.71. The summed E-state index contributed by atoms with van der Waals surface area (Å²) in [6.07, 6.45) is 3.94. The Balaban J connectivity index is 1.81. The van der Waals surface area contributed by atoms with Crippen LogP contribution in [-0.4, -0.2) is 42.2 Å². The van der Waals surface area contributed by atoms with E-state index < -0.39 is 5.97 Å². The number of carbonyl (C=O) groups is 1. The lowest BCUT2D eigenvalue weighted by atomic mass is 9.93. The molecule has 0 amide bonds. The summed E-state index contributed by atoms with van der Waals surface area (Å²) in [6.45, 7) is 8.44. The number of benzene rings is 1. The highest BCUT2D eigenvalue weighted by molar-refractivity contribution is 5.85. The van der Waals surface area contributed by atoms with Crippen molar-refractivity contribution in [2.45, 2.75) is 20.3 Å². The third kappa shape index (κ3) is 5.23. The fraction of sp³-hybridized carbons (Fsp3) is 0.471. The van der Waals surface area contributed by atoms with Crippen molar-refractivity contribution in [1.29, 1.82) is 0 Å². The van der Waals surface area contributed by atoms with Crippen molar-refractivity contribution in [2.75, 3.05) is 26.2 Å². The van der Waals surface area contributed by atoms with Crippen LogP contribution < -0.4 is 4.74 Å². The smallest absolute Gasteiger partial charge is 0.328 e. The van der Waals surface area contributed by atoms with E-state index in [9.17, 15) is 4.79 Å². The molecule has 0 unspecified atom stereocenters. The molecule has 1 aliphatic heterocycles. The molecule has 1 aliphatic rings. The van der Waals surface area contributed by atoms with E-state index in [1.54, 1.807) is 6.08 Å². The van der Waals surface area contributed by atoms with Gasteiger partial charge in [0.1, 0.15) is 12.4 Å². The number of ether oxygens (including phenoxy) is 1. The summed E-state index contributed by atoms with van der Waals surface area (Å²) in [6, 6.07) is 7.48. The molecule has 0 saturated carbocycles. The van der Waals surface area contributed by atoms with Crippen molar-refractivity contribution >= 4 is 12.0 Å². The minimum absolute atomic E-state index is 0.418. The van der Waals surface area contributed by atoms with Gasteiger partial charge in [0.2, 0.25) is 0 Å². The van der Waals surface area contributed by atoms with Crippen LogP contribution in [0.2, 0.25) is 0 Å². The quantitative estimate of drug-likeness (QED) is 0.818. The molecule has 114 valence electrons. The Bertz CT molecular complexity index is 523.